The molecule has 0 fully saturated rings. The third-order valence-corrected chi connectivity index (χ3v) is 3.96. The van der Waals surface area contributed by atoms with Crippen LogP contribution in [0.25, 0.3) is 11.8 Å². The van der Waals surface area contributed by atoms with Crippen molar-refractivity contribution >= 4 is 35.2 Å². The Hall–Kier alpha value is -2.33. The molecule has 0 bridgehead atoms. The molecule has 0 radical (unpaired) electrons. The number of benzene rings is 1. The molecule has 6 nitrogen and oxygen atoms in total. The van der Waals surface area contributed by atoms with Crippen LogP contribution in [0.5, 0.6) is 0 Å². The molecular weight excluding hydrogens is 365 g/mol. The Morgan fingerprint density at radius 3 is 2.72 bits per heavy atom. The van der Waals surface area contributed by atoms with Gasteiger partial charge >= 0.3 is 5.97 Å². The minimum absolute atomic E-state index is 0.0555. The lowest BCUT2D eigenvalue weighted by molar-refractivity contribution is -0.139. The molecule has 2 rings (SSSR count). The number of aromatic nitrogens is 2. The summed E-state index contributed by atoms with van der Waals surface area (Å²) < 4.78 is 11.2. The van der Waals surface area contributed by atoms with E-state index in [2.05, 4.69) is 5.10 Å². The van der Waals surface area contributed by atoms with Crippen LogP contribution in [0.3, 0.4) is 0 Å². The summed E-state index contributed by atoms with van der Waals surface area (Å²) in [7, 11) is 1.49. The van der Waals surface area contributed by atoms with Crippen molar-refractivity contribution in [3.05, 3.63) is 51.3 Å². The number of rotatable bonds is 6. The number of hydrogen-bond donors (Lipinski definition) is 0. The number of carbonyl (C=O) groups is 1. The number of halogens is 2. The summed E-state index contributed by atoms with van der Waals surface area (Å²) in [5, 5.41) is 14.3. The van der Waals surface area contributed by atoms with Gasteiger partial charge in [0.2, 0.25) is 0 Å². The summed E-state index contributed by atoms with van der Waals surface area (Å²) in [5.74, 6) is -0.750. The average molecular weight is 380 g/mol. The van der Waals surface area contributed by atoms with E-state index in [1.165, 1.54) is 17.9 Å². The van der Waals surface area contributed by atoms with Gasteiger partial charge in [-0.1, -0.05) is 35.3 Å². The van der Waals surface area contributed by atoms with Crippen molar-refractivity contribution < 1.29 is 14.3 Å². The number of nitrogens with zero attached hydrogens (tertiary/aromatic N) is 3. The molecule has 0 N–H and O–H groups in total. The number of hydrogen-bond acceptors (Lipinski definition) is 5. The van der Waals surface area contributed by atoms with Crippen molar-refractivity contribution in [1.82, 2.24) is 9.78 Å². The zero-order valence-corrected chi connectivity index (χ0v) is 15.1. The second kappa shape index (κ2) is 8.67. The van der Waals surface area contributed by atoms with Gasteiger partial charge in [-0.3, -0.25) is 0 Å². The van der Waals surface area contributed by atoms with E-state index in [0.29, 0.717) is 22.0 Å². The van der Waals surface area contributed by atoms with E-state index in [1.807, 2.05) is 6.07 Å². The first-order valence-corrected chi connectivity index (χ1v) is 8.03. The normalized spacial score (nSPS) is 11.2. The molecule has 130 valence electrons. The Labute approximate surface area is 155 Å². The summed E-state index contributed by atoms with van der Waals surface area (Å²) in [4.78, 5) is 11.9. The molecule has 1 heterocycles. The van der Waals surface area contributed by atoms with Gasteiger partial charge in [0, 0.05) is 12.7 Å². The van der Waals surface area contributed by atoms with Gasteiger partial charge in [-0.05, 0) is 25.1 Å². The van der Waals surface area contributed by atoms with Gasteiger partial charge in [-0.25, -0.2) is 9.48 Å². The van der Waals surface area contributed by atoms with E-state index in [0.717, 1.165) is 0 Å². The molecular formula is C17H15Cl2N3O3. The molecule has 1 aromatic carbocycles. The molecule has 0 amide bonds. The van der Waals surface area contributed by atoms with E-state index < -0.39 is 5.97 Å². The van der Waals surface area contributed by atoms with Gasteiger partial charge in [0.05, 0.1) is 23.0 Å². The van der Waals surface area contributed by atoms with Crippen molar-refractivity contribution in [2.75, 3.05) is 20.3 Å². The molecule has 0 aliphatic carbocycles. The molecule has 0 aliphatic heterocycles. The molecule has 0 aliphatic rings. The summed E-state index contributed by atoms with van der Waals surface area (Å²) in [6, 6.07) is 8.89. The predicted octanol–water partition coefficient (Wildman–Crippen LogP) is 3.58. The molecule has 25 heavy (non-hydrogen) atoms. The van der Waals surface area contributed by atoms with Crippen LogP contribution < -0.4 is 0 Å². The molecule has 0 atom stereocenters. The molecule has 0 saturated carbocycles. The second-order valence-electron chi connectivity index (χ2n) is 4.95. The number of methoxy groups -OCH3 is 1. The number of esters is 1. The minimum atomic E-state index is -0.750. The first kappa shape index (κ1) is 19.0. The summed E-state index contributed by atoms with van der Waals surface area (Å²) in [6.45, 7) is 2.02. The molecule has 0 saturated heterocycles. The van der Waals surface area contributed by atoms with Crippen LogP contribution >= 0.6 is 23.2 Å². The van der Waals surface area contributed by atoms with Crippen LogP contribution in [0.1, 0.15) is 11.3 Å². The maximum Gasteiger partial charge on any atom is 0.348 e. The van der Waals surface area contributed by atoms with E-state index in [4.69, 9.17) is 32.7 Å². The van der Waals surface area contributed by atoms with Crippen molar-refractivity contribution in [1.29, 1.82) is 5.26 Å². The molecule has 0 unspecified atom stereocenters. The third kappa shape index (κ3) is 4.40. The van der Waals surface area contributed by atoms with E-state index in [1.54, 1.807) is 31.2 Å². The van der Waals surface area contributed by atoms with Crippen LogP contribution in [-0.4, -0.2) is 36.1 Å². The molecule has 1 aromatic heterocycles. The highest BCUT2D eigenvalue weighted by Gasteiger charge is 2.18. The van der Waals surface area contributed by atoms with Gasteiger partial charge in [0.1, 0.15) is 23.4 Å². The van der Waals surface area contributed by atoms with Crippen LogP contribution in [0.2, 0.25) is 10.2 Å². The fraction of sp³-hybridized carbons (Fsp3) is 0.235. The van der Waals surface area contributed by atoms with Crippen LogP contribution in [-0.2, 0) is 14.3 Å². The largest absolute Gasteiger partial charge is 0.459 e. The van der Waals surface area contributed by atoms with E-state index >= 15 is 0 Å². The second-order valence-corrected chi connectivity index (χ2v) is 5.72. The summed E-state index contributed by atoms with van der Waals surface area (Å²) in [5.41, 5.74) is 1.40. The number of carbonyl (C=O) groups excluding carboxylic acids is 1. The Morgan fingerprint density at radius 1 is 1.36 bits per heavy atom. The maximum atomic E-state index is 11.9. The number of ether oxygens (including phenoxy) is 2. The summed E-state index contributed by atoms with van der Waals surface area (Å²) >= 11 is 12.6. The fourth-order valence-electron chi connectivity index (χ4n) is 2.03. The fourth-order valence-corrected chi connectivity index (χ4v) is 2.57. The first-order valence-electron chi connectivity index (χ1n) is 7.27. The van der Waals surface area contributed by atoms with Gasteiger partial charge in [-0.2, -0.15) is 10.4 Å². The SMILES string of the molecule is COCCOC(=O)C(C#N)=Cc1c(C)nn(-c2ccccc2Cl)c1Cl. The topological polar surface area (TPSA) is 77.1 Å². The van der Waals surface area contributed by atoms with Crippen molar-refractivity contribution in [3.8, 4) is 11.8 Å². The number of aryl methyl sites for hydroxylation is 1. The van der Waals surface area contributed by atoms with Crippen LogP contribution in [0.4, 0.5) is 0 Å². The van der Waals surface area contributed by atoms with E-state index in [9.17, 15) is 10.1 Å². The summed E-state index contributed by atoms with van der Waals surface area (Å²) in [6.07, 6.45) is 1.35. The van der Waals surface area contributed by atoms with Gasteiger partial charge in [0.15, 0.2) is 0 Å². The lowest BCUT2D eigenvalue weighted by atomic mass is 10.1. The van der Waals surface area contributed by atoms with Crippen molar-refractivity contribution in [2.24, 2.45) is 0 Å². The molecule has 8 heteroatoms. The standard InChI is InChI=1S/C17H15Cl2N3O3/c1-11-13(9-12(10-20)17(23)25-8-7-24-2)16(19)22(21-11)15-6-4-3-5-14(15)18/h3-6,9H,7-8H2,1-2H3. The predicted molar refractivity (Wildman–Crippen MR) is 94.7 cm³/mol. The van der Waals surface area contributed by atoms with Crippen LogP contribution in [0.15, 0.2) is 29.8 Å². The number of para-hydroxylation sites is 1. The zero-order valence-electron chi connectivity index (χ0n) is 13.6. The van der Waals surface area contributed by atoms with Gasteiger partial charge in [-0.15, -0.1) is 0 Å². The first-order chi connectivity index (χ1) is 12.0. The van der Waals surface area contributed by atoms with Gasteiger partial charge in [0.25, 0.3) is 0 Å². The lowest BCUT2D eigenvalue weighted by Gasteiger charge is -2.05. The Kier molecular flexibility index (Phi) is 6.59. The highest BCUT2D eigenvalue weighted by molar-refractivity contribution is 6.33. The minimum Gasteiger partial charge on any atom is -0.459 e. The molecule has 2 aromatic rings. The monoisotopic (exact) mass is 379 g/mol. The Bertz CT molecular complexity index is 853. The smallest absolute Gasteiger partial charge is 0.348 e. The maximum absolute atomic E-state index is 11.9. The zero-order chi connectivity index (χ0) is 18.4. The quantitative estimate of drug-likeness (QED) is 0.331. The highest BCUT2D eigenvalue weighted by atomic mass is 35.5. The van der Waals surface area contributed by atoms with Crippen molar-refractivity contribution in [2.45, 2.75) is 6.92 Å². The lowest BCUT2D eigenvalue weighted by Crippen LogP contribution is -2.11. The Balaban J connectivity index is 2.38. The number of nitriles is 1. The molecule has 0 spiro atoms. The van der Waals surface area contributed by atoms with E-state index in [-0.39, 0.29) is 23.9 Å². The van der Waals surface area contributed by atoms with Crippen LogP contribution in [0, 0.1) is 18.3 Å². The highest BCUT2D eigenvalue weighted by Crippen LogP contribution is 2.29. The average Bonchev–Trinajstić information content (AvgIpc) is 2.87. The van der Waals surface area contributed by atoms with Crippen molar-refractivity contribution in [3.63, 3.8) is 0 Å². The Morgan fingerprint density at radius 2 is 2.08 bits per heavy atom. The van der Waals surface area contributed by atoms with Gasteiger partial charge < -0.3 is 9.47 Å². The third-order valence-electron chi connectivity index (χ3n) is 3.28.